The highest BCUT2D eigenvalue weighted by Gasteiger charge is 2.35. The van der Waals surface area contributed by atoms with E-state index in [0.29, 0.717) is 12.1 Å². The summed E-state index contributed by atoms with van der Waals surface area (Å²) in [5.41, 5.74) is 1.40. The highest BCUT2D eigenvalue weighted by Crippen LogP contribution is 2.38. The summed E-state index contributed by atoms with van der Waals surface area (Å²) in [7, 11) is 1.19. The number of hydrogen-bond donors (Lipinski definition) is 0. The number of allylic oxidation sites excluding steroid dienone is 1. The fourth-order valence-electron chi connectivity index (χ4n) is 2.62. The SMILES string of the molecule is COc1nc(C2=Cc3ccnn3[C@@H](C)C2)ccc1C(F)(F)F. The molecule has 116 valence electrons. The second kappa shape index (κ2) is 5.15. The molecule has 7 heteroatoms. The quantitative estimate of drug-likeness (QED) is 0.847. The van der Waals surface area contributed by atoms with E-state index in [0.717, 1.165) is 17.3 Å². The summed E-state index contributed by atoms with van der Waals surface area (Å²) in [6, 6.07) is 4.38. The molecule has 0 aliphatic carbocycles. The van der Waals surface area contributed by atoms with Crippen molar-refractivity contribution in [2.45, 2.75) is 25.6 Å². The number of aromatic nitrogens is 3. The minimum Gasteiger partial charge on any atom is -0.481 e. The fourth-order valence-corrected chi connectivity index (χ4v) is 2.62. The lowest BCUT2D eigenvalue weighted by molar-refractivity contribution is -0.139. The van der Waals surface area contributed by atoms with Gasteiger partial charge in [0.25, 0.3) is 0 Å². The van der Waals surface area contributed by atoms with Gasteiger partial charge in [-0.25, -0.2) is 4.98 Å². The van der Waals surface area contributed by atoms with Gasteiger partial charge < -0.3 is 4.74 Å². The predicted octanol–water partition coefficient (Wildman–Crippen LogP) is 3.81. The van der Waals surface area contributed by atoms with Crippen LogP contribution in [-0.2, 0) is 6.18 Å². The molecule has 0 fully saturated rings. The summed E-state index contributed by atoms with van der Waals surface area (Å²) in [5, 5.41) is 4.22. The lowest BCUT2D eigenvalue weighted by atomic mass is 9.98. The van der Waals surface area contributed by atoms with Crippen LogP contribution in [0.15, 0.2) is 24.4 Å². The van der Waals surface area contributed by atoms with Crippen molar-refractivity contribution in [1.82, 2.24) is 14.8 Å². The second-order valence-corrected chi connectivity index (χ2v) is 5.17. The molecule has 3 rings (SSSR count). The van der Waals surface area contributed by atoms with Gasteiger partial charge in [-0.1, -0.05) is 0 Å². The fraction of sp³-hybridized carbons (Fsp3) is 0.333. The molecule has 0 saturated heterocycles. The largest absolute Gasteiger partial charge is 0.481 e. The molecule has 22 heavy (non-hydrogen) atoms. The van der Waals surface area contributed by atoms with Crippen molar-refractivity contribution < 1.29 is 17.9 Å². The van der Waals surface area contributed by atoms with Crippen molar-refractivity contribution in [3.05, 3.63) is 41.3 Å². The Kier molecular flexibility index (Phi) is 3.42. The first kappa shape index (κ1) is 14.6. The molecular weight excluding hydrogens is 295 g/mol. The first-order valence-corrected chi connectivity index (χ1v) is 6.77. The normalized spacial score (nSPS) is 17.9. The van der Waals surface area contributed by atoms with Crippen LogP contribution in [0.4, 0.5) is 13.2 Å². The second-order valence-electron chi connectivity index (χ2n) is 5.17. The Hall–Kier alpha value is -2.31. The van der Waals surface area contributed by atoms with E-state index < -0.39 is 17.6 Å². The van der Waals surface area contributed by atoms with Crippen LogP contribution in [0.2, 0.25) is 0 Å². The molecule has 1 aliphatic heterocycles. The third-order valence-corrected chi connectivity index (χ3v) is 3.64. The molecule has 1 aliphatic rings. The molecule has 4 nitrogen and oxygen atoms in total. The molecule has 2 aromatic rings. The van der Waals surface area contributed by atoms with Gasteiger partial charge in [-0.3, -0.25) is 4.68 Å². The minimum atomic E-state index is -4.48. The average Bonchev–Trinajstić information content (AvgIpc) is 2.94. The van der Waals surface area contributed by atoms with Crippen LogP contribution >= 0.6 is 0 Å². The Bertz CT molecular complexity index is 734. The van der Waals surface area contributed by atoms with Crippen molar-refractivity contribution in [3.63, 3.8) is 0 Å². The number of ether oxygens (including phenoxy) is 1. The number of fused-ring (bicyclic) bond motifs is 1. The summed E-state index contributed by atoms with van der Waals surface area (Å²) in [4.78, 5) is 4.03. The van der Waals surface area contributed by atoms with Crippen molar-refractivity contribution in [1.29, 1.82) is 0 Å². The van der Waals surface area contributed by atoms with E-state index in [9.17, 15) is 13.2 Å². The summed E-state index contributed by atoms with van der Waals surface area (Å²) < 4.78 is 45.3. The van der Waals surface area contributed by atoms with E-state index in [2.05, 4.69) is 10.1 Å². The van der Waals surface area contributed by atoms with Crippen LogP contribution in [0.5, 0.6) is 5.88 Å². The van der Waals surface area contributed by atoms with Crippen molar-refractivity contribution in [2.24, 2.45) is 0 Å². The first-order chi connectivity index (χ1) is 10.4. The Labute approximate surface area is 125 Å². The number of hydrogen-bond acceptors (Lipinski definition) is 3. The van der Waals surface area contributed by atoms with Gasteiger partial charge in [0.15, 0.2) is 0 Å². The van der Waals surface area contributed by atoms with Crippen LogP contribution in [0.1, 0.15) is 36.3 Å². The maximum Gasteiger partial charge on any atom is 0.421 e. The number of halogens is 3. The van der Waals surface area contributed by atoms with E-state index in [4.69, 9.17) is 4.74 Å². The number of alkyl halides is 3. The molecule has 1 atom stereocenters. The number of pyridine rings is 1. The van der Waals surface area contributed by atoms with Crippen molar-refractivity contribution in [2.75, 3.05) is 7.11 Å². The van der Waals surface area contributed by atoms with Crippen LogP contribution in [0, 0.1) is 0 Å². The molecule has 0 amide bonds. The summed E-state index contributed by atoms with van der Waals surface area (Å²) >= 11 is 0. The Morgan fingerprint density at radius 2 is 2.05 bits per heavy atom. The summed E-state index contributed by atoms with van der Waals surface area (Å²) in [6.45, 7) is 2.00. The maximum atomic E-state index is 12.9. The van der Waals surface area contributed by atoms with Gasteiger partial charge in [-0.15, -0.1) is 0 Å². The van der Waals surface area contributed by atoms with Crippen LogP contribution in [0.3, 0.4) is 0 Å². The zero-order chi connectivity index (χ0) is 15.9. The monoisotopic (exact) mass is 309 g/mol. The zero-order valence-electron chi connectivity index (χ0n) is 12.1. The third-order valence-electron chi connectivity index (χ3n) is 3.64. The van der Waals surface area contributed by atoms with Crippen LogP contribution < -0.4 is 4.74 Å². The van der Waals surface area contributed by atoms with E-state index in [-0.39, 0.29) is 6.04 Å². The Morgan fingerprint density at radius 3 is 2.73 bits per heavy atom. The van der Waals surface area contributed by atoms with Crippen molar-refractivity contribution in [3.8, 4) is 5.88 Å². The summed E-state index contributed by atoms with van der Waals surface area (Å²) in [5.74, 6) is -0.405. The lowest BCUT2D eigenvalue weighted by Gasteiger charge is -2.22. The van der Waals surface area contributed by atoms with Gasteiger partial charge in [-0.05, 0) is 43.2 Å². The first-order valence-electron chi connectivity index (χ1n) is 6.77. The highest BCUT2D eigenvalue weighted by atomic mass is 19.4. The predicted molar refractivity (Wildman–Crippen MR) is 75.2 cm³/mol. The summed E-state index contributed by atoms with van der Waals surface area (Å²) in [6.07, 6.45) is -0.242. The van der Waals surface area contributed by atoms with Gasteiger partial charge in [0.1, 0.15) is 5.56 Å². The number of rotatable bonds is 2. The van der Waals surface area contributed by atoms with Crippen LogP contribution in [-0.4, -0.2) is 21.9 Å². The average molecular weight is 309 g/mol. The van der Waals surface area contributed by atoms with E-state index in [1.54, 1.807) is 6.20 Å². The highest BCUT2D eigenvalue weighted by molar-refractivity contribution is 5.80. The van der Waals surface area contributed by atoms with Gasteiger partial charge in [-0.2, -0.15) is 18.3 Å². The molecular formula is C15H14F3N3O. The van der Waals surface area contributed by atoms with Gasteiger partial charge in [0, 0.05) is 6.20 Å². The standard InChI is InChI=1S/C15H14F3N3O/c1-9-7-10(8-11-5-6-19-21(9)11)13-4-3-12(15(16,17)18)14(20-13)22-2/h3-6,8-9H,7H2,1-2H3/t9-/m0/s1. The minimum absolute atomic E-state index is 0.125. The molecule has 0 spiro atoms. The molecule has 0 unspecified atom stereocenters. The van der Waals surface area contributed by atoms with E-state index in [1.165, 1.54) is 13.2 Å². The van der Waals surface area contributed by atoms with Crippen LogP contribution in [0.25, 0.3) is 11.6 Å². The van der Waals surface area contributed by atoms with E-state index in [1.807, 2.05) is 23.7 Å². The van der Waals surface area contributed by atoms with Crippen molar-refractivity contribution >= 4 is 11.6 Å². The smallest absolute Gasteiger partial charge is 0.421 e. The topological polar surface area (TPSA) is 39.9 Å². The molecule has 0 radical (unpaired) electrons. The molecule has 0 saturated carbocycles. The van der Waals surface area contributed by atoms with Gasteiger partial charge in [0.05, 0.1) is 24.5 Å². The third kappa shape index (κ3) is 2.47. The number of nitrogens with zero attached hydrogens (tertiary/aromatic N) is 3. The van der Waals surface area contributed by atoms with Gasteiger partial charge >= 0.3 is 6.18 Å². The molecule has 0 aromatic carbocycles. The number of methoxy groups -OCH3 is 1. The lowest BCUT2D eigenvalue weighted by Crippen LogP contribution is -2.14. The van der Waals surface area contributed by atoms with E-state index >= 15 is 0 Å². The zero-order valence-corrected chi connectivity index (χ0v) is 12.1. The Balaban J connectivity index is 2.04. The Morgan fingerprint density at radius 1 is 1.27 bits per heavy atom. The maximum absolute atomic E-state index is 12.9. The molecule has 2 aromatic heterocycles. The molecule has 0 N–H and O–H groups in total. The van der Waals surface area contributed by atoms with Gasteiger partial charge in [0.2, 0.25) is 5.88 Å². The molecule has 3 heterocycles. The molecule has 0 bridgehead atoms.